The second kappa shape index (κ2) is 8.11. The van der Waals surface area contributed by atoms with E-state index < -0.39 is 23.4 Å². The summed E-state index contributed by atoms with van der Waals surface area (Å²) in [5.41, 5.74) is 0.437. The van der Waals surface area contributed by atoms with Gasteiger partial charge in [-0.3, -0.25) is 14.9 Å². The Morgan fingerprint density at radius 3 is 2.56 bits per heavy atom. The molecule has 2 aromatic carbocycles. The average Bonchev–Trinajstić information content (AvgIpc) is 2.61. The number of esters is 1. The summed E-state index contributed by atoms with van der Waals surface area (Å²) in [6, 6.07) is 10.3. The fraction of sp³-hybridized carbons (Fsp3) is 0.125. The quantitative estimate of drug-likeness (QED) is 0.463. The van der Waals surface area contributed by atoms with Gasteiger partial charge in [0.25, 0.3) is 11.6 Å². The van der Waals surface area contributed by atoms with E-state index in [9.17, 15) is 19.7 Å². The zero-order valence-corrected chi connectivity index (χ0v) is 13.9. The van der Waals surface area contributed by atoms with Gasteiger partial charge in [0.05, 0.1) is 21.2 Å². The van der Waals surface area contributed by atoms with E-state index in [-0.39, 0.29) is 11.3 Å². The van der Waals surface area contributed by atoms with E-state index in [0.717, 1.165) is 6.07 Å². The number of non-ortho nitro benzene ring substituents is 1. The number of nitrogens with one attached hydrogen (secondary N) is 2. The van der Waals surface area contributed by atoms with Crippen LogP contribution < -0.4 is 10.6 Å². The molecule has 0 fully saturated rings. The van der Waals surface area contributed by atoms with Gasteiger partial charge in [-0.15, -0.1) is 0 Å². The minimum absolute atomic E-state index is 0.0396. The third-order valence-electron chi connectivity index (χ3n) is 3.19. The van der Waals surface area contributed by atoms with Crippen LogP contribution in [-0.4, -0.2) is 30.5 Å². The highest BCUT2D eigenvalue weighted by molar-refractivity contribution is 6.33. The van der Waals surface area contributed by atoms with Crippen LogP contribution >= 0.6 is 11.6 Å². The Morgan fingerprint density at radius 2 is 1.92 bits per heavy atom. The van der Waals surface area contributed by atoms with Crippen molar-refractivity contribution >= 4 is 40.5 Å². The van der Waals surface area contributed by atoms with Crippen LogP contribution in [0.2, 0.25) is 5.02 Å². The van der Waals surface area contributed by atoms with Crippen molar-refractivity contribution in [1.82, 2.24) is 0 Å². The summed E-state index contributed by atoms with van der Waals surface area (Å²) in [4.78, 5) is 34.2. The maximum atomic E-state index is 12.1. The van der Waals surface area contributed by atoms with Gasteiger partial charge in [-0.05, 0) is 18.2 Å². The largest absolute Gasteiger partial charge is 0.452 e. The summed E-state index contributed by atoms with van der Waals surface area (Å²) in [6.45, 7) is -0.560. The van der Waals surface area contributed by atoms with E-state index in [0.29, 0.717) is 16.4 Å². The molecule has 0 atom stereocenters. The van der Waals surface area contributed by atoms with Gasteiger partial charge in [-0.2, -0.15) is 0 Å². The minimum atomic E-state index is -0.859. The Kier molecular flexibility index (Phi) is 5.91. The lowest BCUT2D eigenvalue weighted by atomic mass is 10.1. The second-order valence-corrected chi connectivity index (χ2v) is 5.25. The van der Waals surface area contributed by atoms with Gasteiger partial charge in [-0.25, -0.2) is 4.79 Å². The Morgan fingerprint density at radius 1 is 1.20 bits per heavy atom. The molecule has 0 spiro atoms. The van der Waals surface area contributed by atoms with Crippen LogP contribution in [0.4, 0.5) is 17.1 Å². The van der Waals surface area contributed by atoms with Crippen LogP contribution in [-0.2, 0) is 9.53 Å². The van der Waals surface area contributed by atoms with E-state index in [4.69, 9.17) is 16.3 Å². The fourth-order valence-electron chi connectivity index (χ4n) is 1.99. The third-order valence-corrected chi connectivity index (χ3v) is 3.52. The zero-order chi connectivity index (χ0) is 18.4. The monoisotopic (exact) mass is 363 g/mol. The Bertz CT molecular complexity index is 825. The molecule has 130 valence electrons. The van der Waals surface area contributed by atoms with Gasteiger partial charge in [0.2, 0.25) is 0 Å². The molecule has 9 heteroatoms. The third kappa shape index (κ3) is 4.67. The number of nitrogens with zero attached hydrogens (tertiary/aromatic N) is 1. The zero-order valence-electron chi connectivity index (χ0n) is 13.1. The van der Waals surface area contributed by atoms with Gasteiger partial charge in [-0.1, -0.05) is 23.7 Å². The molecule has 1 amide bonds. The number of nitro benzene ring substituents is 1. The minimum Gasteiger partial charge on any atom is -0.452 e. The molecule has 0 aliphatic carbocycles. The lowest BCUT2D eigenvalue weighted by molar-refractivity contribution is -0.384. The van der Waals surface area contributed by atoms with Crippen molar-refractivity contribution in [2.75, 3.05) is 24.3 Å². The van der Waals surface area contributed by atoms with E-state index in [1.807, 2.05) is 0 Å². The molecule has 0 radical (unpaired) electrons. The number of amides is 1. The van der Waals surface area contributed by atoms with Gasteiger partial charge in [0, 0.05) is 24.9 Å². The molecule has 0 aliphatic heterocycles. The predicted molar refractivity (Wildman–Crippen MR) is 93.0 cm³/mol. The van der Waals surface area contributed by atoms with Crippen LogP contribution in [0.5, 0.6) is 0 Å². The number of halogens is 1. The van der Waals surface area contributed by atoms with E-state index in [1.165, 1.54) is 12.1 Å². The van der Waals surface area contributed by atoms with E-state index >= 15 is 0 Å². The van der Waals surface area contributed by atoms with Gasteiger partial charge in [0.1, 0.15) is 0 Å². The van der Waals surface area contributed by atoms with Crippen LogP contribution in [0.3, 0.4) is 0 Å². The number of para-hydroxylation sites is 1. The Balaban J connectivity index is 2.04. The molecule has 25 heavy (non-hydrogen) atoms. The van der Waals surface area contributed by atoms with Gasteiger partial charge >= 0.3 is 5.97 Å². The molecule has 8 nitrogen and oxygen atoms in total. The molecular formula is C16H14ClN3O5. The standard InChI is InChI=1S/C16H14ClN3O5/c1-18-13-7-6-10(20(23)24)8-11(13)16(22)25-9-15(21)19-14-5-3-2-4-12(14)17/h2-8,18H,9H2,1H3,(H,19,21). The first-order valence-corrected chi connectivity index (χ1v) is 7.48. The molecular weight excluding hydrogens is 350 g/mol. The van der Waals surface area contributed by atoms with Crippen molar-refractivity contribution < 1.29 is 19.2 Å². The van der Waals surface area contributed by atoms with Crippen molar-refractivity contribution in [1.29, 1.82) is 0 Å². The summed E-state index contributed by atoms with van der Waals surface area (Å²) in [7, 11) is 1.56. The number of carbonyl (C=O) groups is 2. The molecule has 0 aromatic heterocycles. The van der Waals surface area contributed by atoms with Crippen molar-refractivity contribution in [2.45, 2.75) is 0 Å². The van der Waals surface area contributed by atoms with Crippen LogP contribution in [0.1, 0.15) is 10.4 Å². The predicted octanol–water partition coefficient (Wildman–Crippen LogP) is 3.09. The van der Waals surface area contributed by atoms with Crippen LogP contribution in [0.15, 0.2) is 42.5 Å². The topological polar surface area (TPSA) is 111 Å². The molecule has 2 rings (SSSR count). The number of hydrogen-bond acceptors (Lipinski definition) is 6. The number of anilines is 2. The number of hydrogen-bond donors (Lipinski definition) is 2. The first-order valence-electron chi connectivity index (χ1n) is 7.10. The van der Waals surface area contributed by atoms with Gasteiger partial charge in [0.15, 0.2) is 6.61 Å². The molecule has 2 N–H and O–H groups in total. The number of rotatable bonds is 6. The van der Waals surface area contributed by atoms with Crippen molar-refractivity contribution in [3.63, 3.8) is 0 Å². The lowest BCUT2D eigenvalue weighted by Gasteiger charge is -2.10. The maximum absolute atomic E-state index is 12.1. The molecule has 2 aromatic rings. The number of benzene rings is 2. The highest BCUT2D eigenvalue weighted by atomic mass is 35.5. The first-order chi connectivity index (χ1) is 11.9. The average molecular weight is 364 g/mol. The first kappa shape index (κ1) is 18.2. The second-order valence-electron chi connectivity index (χ2n) is 4.84. The highest BCUT2D eigenvalue weighted by Gasteiger charge is 2.18. The summed E-state index contributed by atoms with van der Waals surface area (Å²) < 4.78 is 4.92. The molecule has 0 bridgehead atoms. The lowest BCUT2D eigenvalue weighted by Crippen LogP contribution is -2.21. The SMILES string of the molecule is CNc1ccc([N+](=O)[O-])cc1C(=O)OCC(=O)Nc1ccccc1Cl. The molecule has 0 aliphatic rings. The number of ether oxygens (including phenoxy) is 1. The van der Waals surface area contributed by atoms with Crippen LogP contribution in [0.25, 0.3) is 0 Å². The van der Waals surface area contributed by atoms with Crippen LogP contribution in [0, 0.1) is 10.1 Å². The summed E-state index contributed by atoms with van der Waals surface area (Å²) >= 11 is 5.92. The Hall–Kier alpha value is -3.13. The van der Waals surface area contributed by atoms with Crippen molar-refractivity contribution in [3.05, 3.63) is 63.2 Å². The molecule has 0 saturated carbocycles. The van der Waals surface area contributed by atoms with Gasteiger partial charge < -0.3 is 15.4 Å². The summed E-state index contributed by atoms with van der Waals surface area (Å²) in [5, 5.41) is 16.4. The normalized spacial score (nSPS) is 10.0. The van der Waals surface area contributed by atoms with E-state index in [1.54, 1.807) is 31.3 Å². The number of nitro groups is 1. The summed E-state index contributed by atoms with van der Waals surface area (Å²) in [6.07, 6.45) is 0. The maximum Gasteiger partial charge on any atom is 0.341 e. The van der Waals surface area contributed by atoms with Crippen molar-refractivity contribution in [3.8, 4) is 0 Å². The smallest absolute Gasteiger partial charge is 0.341 e. The summed E-state index contributed by atoms with van der Waals surface area (Å²) in [5.74, 6) is -1.44. The Labute approximate surface area is 147 Å². The molecule has 0 unspecified atom stereocenters. The highest BCUT2D eigenvalue weighted by Crippen LogP contribution is 2.23. The molecule has 0 heterocycles. The van der Waals surface area contributed by atoms with E-state index in [2.05, 4.69) is 10.6 Å². The number of carbonyl (C=O) groups excluding carboxylic acids is 2. The van der Waals surface area contributed by atoms with Crippen molar-refractivity contribution in [2.24, 2.45) is 0 Å². The molecule has 0 saturated heterocycles. The fourth-order valence-corrected chi connectivity index (χ4v) is 2.17.